The van der Waals surface area contributed by atoms with E-state index >= 15 is 0 Å². The predicted molar refractivity (Wildman–Crippen MR) is 90.0 cm³/mol. The molecule has 0 aliphatic heterocycles. The molecule has 0 saturated heterocycles. The monoisotopic (exact) mass is 298 g/mol. The third-order valence-corrected chi connectivity index (χ3v) is 4.23. The molecule has 0 spiro atoms. The molecule has 4 heteroatoms. The fourth-order valence-electron chi connectivity index (χ4n) is 3.14. The summed E-state index contributed by atoms with van der Waals surface area (Å²) in [6, 6.07) is 14.2. The first kappa shape index (κ1) is 15.0. The van der Waals surface area contributed by atoms with Crippen LogP contribution < -0.4 is 5.32 Å². The van der Waals surface area contributed by atoms with E-state index in [0.29, 0.717) is 6.54 Å². The van der Waals surface area contributed by atoms with Gasteiger partial charge < -0.3 is 20.1 Å². The van der Waals surface area contributed by atoms with Gasteiger partial charge in [-0.1, -0.05) is 24.3 Å². The molecule has 116 valence electrons. The molecule has 1 aromatic heterocycles. The van der Waals surface area contributed by atoms with Gasteiger partial charge in [0.2, 0.25) is 0 Å². The van der Waals surface area contributed by atoms with E-state index in [9.17, 15) is 10.2 Å². The molecule has 0 radical (unpaired) electrons. The molecule has 0 aliphatic rings. The largest absolute Gasteiger partial charge is 0.389 e. The van der Waals surface area contributed by atoms with Gasteiger partial charge in [-0.15, -0.1) is 0 Å². The molecule has 0 amide bonds. The maximum atomic E-state index is 10.3. The van der Waals surface area contributed by atoms with Crippen LogP contribution in [0.25, 0.3) is 21.8 Å². The van der Waals surface area contributed by atoms with Crippen LogP contribution in [0.4, 0.5) is 0 Å². The molecule has 0 fully saturated rings. The Morgan fingerprint density at radius 1 is 1.05 bits per heavy atom. The minimum Gasteiger partial charge on any atom is -0.389 e. The van der Waals surface area contributed by atoms with Gasteiger partial charge >= 0.3 is 0 Å². The molecule has 1 heterocycles. The highest BCUT2D eigenvalue weighted by atomic mass is 16.3. The summed E-state index contributed by atoms with van der Waals surface area (Å²) in [6.45, 7) is 3.38. The van der Waals surface area contributed by atoms with Crippen molar-refractivity contribution in [2.75, 3.05) is 13.6 Å². The number of hydrogen-bond acceptors (Lipinski definition) is 3. The molecule has 0 saturated carbocycles. The van der Waals surface area contributed by atoms with Crippen molar-refractivity contribution in [3.05, 3.63) is 48.0 Å². The highest BCUT2D eigenvalue weighted by Gasteiger charge is 2.19. The first-order chi connectivity index (χ1) is 10.7. The zero-order chi connectivity index (χ0) is 15.7. The van der Waals surface area contributed by atoms with Gasteiger partial charge in [0.25, 0.3) is 0 Å². The second kappa shape index (κ2) is 6.08. The van der Waals surface area contributed by atoms with E-state index in [4.69, 9.17) is 0 Å². The molecule has 4 nitrogen and oxygen atoms in total. The lowest BCUT2D eigenvalue weighted by Gasteiger charge is -2.18. The number of para-hydroxylation sites is 1. The van der Waals surface area contributed by atoms with Gasteiger partial charge in [-0.05, 0) is 37.7 Å². The number of benzene rings is 2. The van der Waals surface area contributed by atoms with Crippen LogP contribution in [-0.4, -0.2) is 34.5 Å². The number of rotatable bonds is 5. The molecule has 2 aromatic carbocycles. The Morgan fingerprint density at radius 3 is 2.50 bits per heavy atom. The number of nitrogens with zero attached hydrogens (tertiary/aromatic N) is 1. The molecule has 3 N–H and O–H groups in total. The summed E-state index contributed by atoms with van der Waals surface area (Å²) < 4.78 is 2.27. The zero-order valence-electron chi connectivity index (χ0n) is 13.0. The lowest BCUT2D eigenvalue weighted by molar-refractivity contribution is 0.0203. The number of aliphatic hydroxyl groups excluding tert-OH is 2. The van der Waals surface area contributed by atoms with E-state index in [0.717, 1.165) is 23.0 Å². The quantitative estimate of drug-likeness (QED) is 0.678. The van der Waals surface area contributed by atoms with E-state index in [1.54, 1.807) is 7.05 Å². The second-order valence-electron chi connectivity index (χ2n) is 5.61. The fourth-order valence-corrected chi connectivity index (χ4v) is 3.14. The Kier molecular flexibility index (Phi) is 4.16. The number of aromatic nitrogens is 1. The van der Waals surface area contributed by atoms with Crippen LogP contribution in [-0.2, 0) is 6.54 Å². The van der Waals surface area contributed by atoms with Crippen molar-refractivity contribution >= 4 is 21.8 Å². The van der Waals surface area contributed by atoms with E-state index in [1.807, 2.05) is 30.3 Å². The summed E-state index contributed by atoms with van der Waals surface area (Å²) in [5.74, 6) is 0. The molecule has 3 rings (SSSR count). The average molecular weight is 298 g/mol. The number of nitrogens with one attached hydrogen (secondary N) is 1. The van der Waals surface area contributed by atoms with Gasteiger partial charge in [-0.3, -0.25) is 0 Å². The van der Waals surface area contributed by atoms with Crippen molar-refractivity contribution in [2.45, 2.75) is 25.7 Å². The standard InChI is InChI=1S/C18H22N2O2/c1-3-20-15-7-5-4-6-13(15)14-10-12(8-9-16(14)20)18(22)17(21)11-19-2/h4-10,17-19,21-22H,3,11H2,1-2H3. The van der Waals surface area contributed by atoms with E-state index in [2.05, 4.69) is 28.9 Å². The Labute approximate surface area is 130 Å². The van der Waals surface area contributed by atoms with Gasteiger partial charge in [0.1, 0.15) is 6.10 Å². The summed E-state index contributed by atoms with van der Waals surface area (Å²) in [7, 11) is 1.76. The number of hydrogen-bond donors (Lipinski definition) is 3. The maximum absolute atomic E-state index is 10.3. The van der Waals surface area contributed by atoms with Gasteiger partial charge in [0, 0.05) is 34.9 Å². The smallest absolute Gasteiger partial charge is 0.106 e. The molecular formula is C18H22N2O2. The summed E-state index contributed by atoms with van der Waals surface area (Å²) in [5.41, 5.74) is 3.10. The Hall–Kier alpha value is -1.88. The number of fused-ring (bicyclic) bond motifs is 3. The number of aliphatic hydroxyl groups is 2. The molecule has 0 aliphatic carbocycles. The third-order valence-electron chi connectivity index (χ3n) is 4.23. The van der Waals surface area contributed by atoms with Crippen molar-refractivity contribution < 1.29 is 10.2 Å². The van der Waals surface area contributed by atoms with Gasteiger partial charge in [-0.2, -0.15) is 0 Å². The van der Waals surface area contributed by atoms with Crippen LogP contribution in [0.1, 0.15) is 18.6 Å². The average Bonchev–Trinajstić information content (AvgIpc) is 2.87. The number of likely N-dealkylation sites (N-methyl/N-ethyl adjacent to an activating group) is 1. The minimum absolute atomic E-state index is 0.357. The Morgan fingerprint density at radius 2 is 1.77 bits per heavy atom. The minimum atomic E-state index is -0.888. The number of aryl methyl sites for hydroxylation is 1. The van der Waals surface area contributed by atoms with E-state index < -0.39 is 12.2 Å². The van der Waals surface area contributed by atoms with Crippen molar-refractivity contribution in [1.29, 1.82) is 0 Å². The van der Waals surface area contributed by atoms with Gasteiger partial charge in [0.15, 0.2) is 0 Å². The first-order valence-electron chi connectivity index (χ1n) is 7.69. The lowest BCUT2D eigenvalue weighted by Crippen LogP contribution is -2.29. The first-order valence-corrected chi connectivity index (χ1v) is 7.69. The van der Waals surface area contributed by atoms with Crippen LogP contribution >= 0.6 is 0 Å². The van der Waals surface area contributed by atoms with Crippen LogP contribution in [0.5, 0.6) is 0 Å². The van der Waals surface area contributed by atoms with Crippen LogP contribution in [0.15, 0.2) is 42.5 Å². The maximum Gasteiger partial charge on any atom is 0.106 e. The van der Waals surface area contributed by atoms with Crippen LogP contribution in [0.2, 0.25) is 0 Å². The summed E-state index contributed by atoms with van der Waals surface area (Å²) in [6.07, 6.45) is -1.71. The summed E-state index contributed by atoms with van der Waals surface area (Å²) in [4.78, 5) is 0. The fraction of sp³-hybridized carbons (Fsp3) is 0.333. The van der Waals surface area contributed by atoms with Crippen LogP contribution in [0, 0.1) is 0 Å². The van der Waals surface area contributed by atoms with Crippen molar-refractivity contribution in [1.82, 2.24) is 9.88 Å². The normalized spacial score (nSPS) is 14.5. The predicted octanol–water partition coefficient (Wildman–Crippen LogP) is 2.43. The van der Waals surface area contributed by atoms with Crippen molar-refractivity contribution in [3.8, 4) is 0 Å². The van der Waals surface area contributed by atoms with Crippen molar-refractivity contribution in [2.24, 2.45) is 0 Å². The Bertz CT molecular complexity index is 794. The Balaban J connectivity index is 2.15. The third kappa shape index (κ3) is 2.39. The molecule has 2 atom stereocenters. The molecule has 0 bridgehead atoms. The summed E-state index contributed by atoms with van der Waals surface area (Å²) >= 11 is 0. The molecule has 3 aromatic rings. The molecular weight excluding hydrogens is 276 g/mol. The molecule has 2 unspecified atom stereocenters. The second-order valence-corrected chi connectivity index (χ2v) is 5.61. The van der Waals surface area contributed by atoms with Crippen molar-refractivity contribution in [3.63, 3.8) is 0 Å². The lowest BCUT2D eigenvalue weighted by atomic mass is 10.0. The van der Waals surface area contributed by atoms with E-state index in [1.165, 1.54) is 10.9 Å². The van der Waals surface area contributed by atoms with E-state index in [-0.39, 0.29) is 0 Å². The SMILES string of the molecule is CCn1c2ccccc2c2cc(C(O)C(O)CNC)ccc21. The van der Waals surface area contributed by atoms with Gasteiger partial charge in [0.05, 0.1) is 6.10 Å². The highest BCUT2D eigenvalue weighted by molar-refractivity contribution is 6.08. The zero-order valence-corrected chi connectivity index (χ0v) is 13.0. The molecule has 22 heavy (non-hydrogen) atoms. The summed E-state index contributed by atoms with van der Waals surface area (Å²) in [5, 5.41) is 25.5. The van der Waals surface area contributed by atoms with Gasteiger partial charge in [-0.25, -0.2) is 0 Å². The highest BCUT2D eigenvalue weighted by Crippen LogP contribution is 2.31. The topological polar surface area (TPSA) is 57.4 Å². The van der Waals surface area contributed by atoms with Crippen LogP contribution in [0.3, 0.4) is 0 Å².